The number of hydrogen-bond donors (Lipinski definition) is 1. The van der Waals surface area contributed by atoms with Gasteiger partial charge in [0.15, 0.2) is 0 Å². The predicted octanol–water partition coefficient (Wildman–Crippen LogP) is 1.09. The third-order valence-electron chi connectivity index (χ3n) is 3.04. The highest BCUT2D eigenvalue weighted by Crippen LogP contribution is 2.20. The quantitative estimate of drug-likeness (QED) is 0.828. The number of hydrogen-bond acceptors (Lipinski definition) is 3. The highest BCUT2D eigenvalue weighted by atomic mass is 35.5. The molecule has 2 rings (SSSR count). The molecule has 1 aliphatic rings. The van der Waals surface area contributed by atoms with E-state index in [4.69, 9.17) is 11.6 Å². The average Bonchev–Trinajstić information content (AvgIpc) is 2.33. The van der Waals surface area contributed by atoms with Crippen molar-refractivity contribution >= 4 is 23.4 Å². The predicted molar refractivity (Wildman–Crippen MR) is 67.4 cm³/mol. The number of nitrogens with one attached hydrogen (secondary N) is 1. The summed E-state index contributed by atoms with van der Waals surface area (Å²) in [5.74, 6) is -0.414. The zero-order valence-corrected chi connectivity index (χ0v) is 11.0. The van der Waals surface area contributed by atoms with Crippen LogP contribution in [0, 0.1) is 0 Å². The van der Waals surface area contributed by atoms with Crippen molar-refractivity contribution in [2.45, 2.75) is 19.4 Å². The van der Waals surface area contributed by atoms with Crippen LogP contribution in [-0.4, -0.2) is 40.3 Å². The van der Waals surface area contributed by atoms with E-state index in [-0.39, 0.29) is 11.8 Å². The maximum Gasteiger partial charge on any atom is 0.273 e. The van der Waals surface area contributed by atoms with Crippen molar-refractivity contribution in [1.82, 2.24) is 15.2 Å². The van der Waals surface area contributed by atoms with E-state index in [9.17, 15) is 9.59 Å². The van der Waals surface area contributed by atoms with Gasteiger partial charge in [-0.15, -0.1) is 0 Å². The van der Waals surface area contributed by atoms with Crippen LogP contribution in [0.15, 0.2) is 18.3 Å². The van der Waals surface area contributed by atoms with Gasteiger partial charge < -0.3 is 10.2 Å². The zero-order valence-electron chi connectivity index (χ0n) is 10.2. The number of pyridine rings is 1. The molecule has 2 amide bonds. The standard InChI is InChI=1S/C12H14ClN3O2/c1-12(2)11(18)14-5-6-16(12)10(17)9-4-3-8(13)7-15-9/h3-4,7H,5-6H2,1-2H3,(H,14,18). The summed E-state index contributed by atoms with van der Waals surface area (Å²) in [5, 5.41) is 3.22. The average molecular weight is 268 g/mol. The van der Waals surface area contributed by atoms with E-state index in [0.717, 1.165) is 0 Å². The number of nitrogens with zero attached hydrogens (tertiary/aromatic N) is 2. The lowest BCUT2D eigenvalue weighted by Gasteiger charge is -2.40. The monoisotopic (exact) mass is 267 g/mol. The molecule has 0 atom stereocenters. The molecule has 1 aromatic heterocycles. The molecular weight excluding hydrogens is 254 g/mol. The van der Waals surface area contributed by atoms with E-state index in [0.29, 0.717) is 23.8 Å². The molecule has 1 fully saturated rings. The Morgan fingerprint density at radius 3 is 2.83 bits per heavy atom. The molecule has 2 heterocycles. The molecule has 0 aliphatic carbocycles. The topological polar surface area (TPSA) is 62.3 Å². The van der Waals surface area contributed by atoms with Gasteiger partial charge in [0.2, 0.25) is 5.91 Å². The summed E-state index contributed by atoms with van der Waals surface area (Å²) in [6.45, 7) is 4.37. The summed E-state index contributed by atoms with van der Waals surface area (Å²) in [6.07, 6.45) is 1.42. The molecule has 1 aliphatic heterocycles. The number of halogens is 1. The molecular formula is C12H14ClN3O2. The Morgan fingerprint density at radius 1 is 1.50 bits per heavy atom. The number of rotatable bonds is 1. The second kappa shape index (κ2) is 4.57. The molecule has 0 saturated carbocycles. The maximum absolute atomic E-state index is 12.3. The van der Waals surface area contributed by atoms with Gasteiger partial charge in [0.1, 0.15) is 11.2 Å². The number of carbonyl (C=O) groups excluding carboxylic acids is 2. The van der Waals surface area contributed by atoms with Crippen molar-refractivity contribution in [3.63, 3.8) is 0 Å². The highest BCUT2D eigenvalue weighted by molar-refractivity contribution is 6.30. The minimum absolute atomic E-state index is 0.156. The van der Waals surface area contributed by atoms with Crippen LogP contribution >= 0.6 is 11.6 Å². The number of amides is 2. The molecule has 1 saturated heterocycles. The van der Waals surface area contributed by atoms with Gasteiger partial charge in [-0.1, -0.05) is 11.6 Å². The summed E-state index contributed by atoms with van der Waals surface area (Å²) in [4.78, 5) is 29.6. The Hall–Kier alpha value is -1.62. The van der Waals surface area contributed by atoms with Crippen LogP contribution in [0.3, 0.4) is 0 Å². The number of piperazine rings is 1. The van der Waals surface area contributed by atoms with E-state index in [2.05, 4.69) is 10.3 Å². The lowest BCUT2D eigenvalue weighted by atomic mass is 9.98. The third kappa shape index (κ3) is 2.18. The first-order chi connectivity index (χ1) is 8.43. The van der Waals surface area contributed by atoms with Crippen molar-refractivity contribution in [3.8, 4) is 0 Å². The van der Waals surface area contributed by atoms with E-state index in [1.165, 1.54) is 11.1 Å². The van der Waals surface area contributed by atoms with Gasteiger partial charge in [0.05, 0.1) is 5.02 Å². The Bertz CT molecular complexity index is 485. The fraction of sp³-hybridized carbons (Fsp3) is 0.417. The number of aromatic nitrogens is 1. The summed E-state index contributed by atoms with van der Waals surface area (Å²) in [7, 11) is 0. The van der Waals surface area contributed by atoms with Crippen molar-refractivity contribution in [2.24, 2.45) is 0 Å². The summed E-state index contributed by atoms with van der Waals surface area (Å²) >= 11 is 5.73. The Kier molecular flexibility index (Phi) is 3.26. The minimum atomic E-state index is -0.864. The highest BCUT2D eigenvalue weighted by Gasteiger charge is 2.40. The van der Waals surface area contributed by atoms with Crippen LogP contribution in [0.4, 0.5) is 0 Å². The second-order valence-corrected chi connectivity index (χ2v) is 5.07. The molecule has 18 heavy (non-hydrogen) atoms. The first kappa shape index (κ1) is 12.8. The summed E-state index contributed by atoms with van der Waals surface area (Å²) in [5.41, 5.74) is -0.571. The second-order valence-electron chi connectivity index (χ2n) is 4.63. The molecule has 0 spiro atoms. The van der Waals surface area contributed by atoms with Crippen LogP contribution in [0.5, 0.6) is 0 Å². The molecule has 6 heteroatoms. The fourth-order valence-corrected chi connectivity index (χ4v) is 2.01. The number of carbonyl (C=O) groups is 2. The Balaban J connectivity index is 2.28. The van der Waals surface area contributed by atoms with E-state index >= 15 is 0 Å². The van der Waals surface area contributed by atoms with E-state index in [1.807, 2.05) is 0 Å². The van der Waals surface area contributed by atoms with E-state index < -0.39 is 5.54 Å². The summed E-state index contributed by atoms with van der Waals surface area (Å²) < 4.78 is 0. The van der Waals surface area contributed by atoms with Crippen LogP contribution in [0.25, 0.3) is 0 Å². The van der Waals surface area contributed by atoms with Gasteiger partial charge in [-0.05, 0) is 26.0 Å². The van der Waals surface area contributed by atoms with Crippen LogP contribution in [-0.2, 0) is 4.79 Å². The molecule has 0 bridgehead atoms. The van der Waals surface area contributed by atoms with Crippen LogP contribution in [0.2, 0.25) is 5.02 Å². The first-order valence-electron chi connectivity index (χ1n) is 5.65. The molecule has 5 nitrogen and oxygen atoms in total. The van der Waals surface area contributed by atoms with E-state index in [1.54, 1.807) is 26.0 Å². The molecule has 96 valence electrons. The Morgan fingerprint density at radius 2 is 2.22 bits per heavy atom. The normalized spacial score (nSPS) is 18.4. The minimum Gasteiger partial charge on any atom is -0.352 e. The third-order valence-corrected chi connectivity index (χ3v) is 3.27. The van der Waals surface area contributed by atoms with Gasteiger partial charge in [-0.3, -0.25) is 9.59 Å². The smallest absolute Gasteiger partial charge is 0.273 e. The summed E-state index contributed by atoms with van der Waals surface area (Å²) in [6, 6.07) is 3.17. The Labute approximate surface area is 110 Å². The first-order valence-corrected chi connectivity index (χ1v) is 6.02. The molecule has 1 aromatic rings. The molecule has 0 radical (unpaired) electrons. The van der Waals surface area contributed by atoms with Crippen LogP contribution in [0.1, 0.15) is 24.3 Å². The van der Waals surface area contributed by atoms with Crippen molar-refractivity contribution in [2.75, 3.05) is 13.1 Å². The SMILES string of the molecule is CC1(C)C(=O)NCCN1C(=O)c1ccc(Cl)cn1. The zero-order chi connectivity index (χ0) is 13.3. The van der Waals surface area contributed by atoms with Gasteiger partial charge in [-0.2, -0.15) is 0 Å². The van der Waals surface area contributed by atoms with Gasteiger partial charge in [0.25, 0.3) is 5.91 Å². The van der Waals surface area contributed by atoms with Crippen LogP contribution < -0.4 is 5.32 Å². The molecule has 0 unspecified atom stereocenters. The van der Waals surface area contributed by atoms with Crippen molar-refractivity contribution in [1.29, 1.82) is 0 Å². The van der Waals surface area contributed by atoms with Crippen molar-refractivity contribution < 1.29 is 9.59 Å². The molecule has 0 aromatic carbocycles. The lowest BCUT2D eigenvalue weighted by molar-refractivity contribution is -0.133. The van der Waals surface area contributed by atoms with Gasteiger partial charge in [0, 0.05) is 19.3 Å². The van der Waals surface area contributed by atoms with Gasteiger partial charge >= 0.3 is 0 Å². The lowest BCUT2D eigenvalue weighted by Crippen LogP contribution is -2.63. The van der Waals surface area contributed by atoms with Gasteiger partial charge in [-0.25, -0.2) is 4.98 Å². The molecule has 1 N–H and O–H groups in total. The maximum atomic E-state index is 12.3. The van der Waals surface area contributed by atoms with Crippen molar-refractivity contribution in [3.05, 3.63) is 29.0 Å². The largest absolute Gasteiger partial charge is 0.352 e. The fourth-order valence-electron chi connectivity index (χ4n) is 1.90.